The molecular formula is C16H25ClFNO. The molecule has 1 fully saturated rings. The van der Waals surface area contributed by atoms with Gasteiger partial charge in [0.15, 0.2) is 0 Å². The third-order valence-corrected chi connectivity index (χ3v) is 3.89. The molecule has 1 aliphatic carbocycles. The van der Waals surface area contributed by atoms with Crippen LogP contribution < -0.4 is 5.32 Å². The van der Waals surface area contributed by atoms with E-state index >= 15 is 0 Å². The zero-order chi connectivity index (χ0) is 14.4. The molecular weight excluding hydrogens is 277 g/mol. The molecule has 0 spiro atoms. The van der Waals surface area contributed by atoms with E-state index in [9.17, 15) is 4.39 Å². The monoisotopic (exact) mass is 302 g/mol. The third kappa shape index (κ3) is 5.78. The van der Waals surface area contributed by atoms with E-state index < -0.39 is 6.40 Å². The summed E-state index contributed by atoms with van der Waals surface area (Å²) < 4.78 is 26.5. The highest BCUT2D eigenvalue weighted by Gasteiger charge is 2.20. The van der Waals surface area contributed by atoms with E-state index in [1.54, 1.807) is 13.2 Å². The highest BCUT2D eigenvalue weighted by molar-refractivity contribution is 5.85. The van der Waals surface area contributed by atoms with Crippen molar-refractivity contribution < 1.29 is 10.5 Å². The number of hydrogen-bond donors (Lipinski definition) is 1. The number of rotatable bonds is 6. The first-order chi connectivity index (χ1) is 9.69. The highest BCUT2D eigenvalue weighted by atomic mass is 35.5. The number of nitrogens with one attached hydrogen (secondary N) is 1. The molecule has 0 heterocycles. The number of halogens is 2. The van der Waals surface area contributed by atoms with Gasteiger partial charge in [0.25, 0.3) is 0 Å². The zero-order valence-corrected chi connectivity index (χ0v) is 12.8. The maximum absolute atomic E-state index is 13.1. The maximum Gasteiger partial charge on any atom is 0.123 e. The van der Waals surface area contributed by atoms with Gasteiger partial charge in [-0.1, -0.05) is 12.1 Å². The lowest BCUT2D eigenvalue weighted by atomic mass is 9.87. The predicted octanol–water partition coefficient (Wildman–Crippen LogP) is 3.58. The second-order valence-electron chi connectivity index (χ2n) is 5.30. The van der Waals surface area contributed by atoms with E-state index in [-0.39, 0.29) is 18.2 Å². The summed E-state index contributed by atoms with van der Waals surface area (Å²) in [4.78, 5) is 0. The van der Waals surface area contributed by atoms with Crippen LogP contribution in [-0.4, -0.2) is 26.3 Å². The molecule has 0 aromatic heterocycles. The Morgan fingerprint density at radius 2 is 2.10 bits per heavy atom. The van der Waals surface area contributed by atoms with Crippen LogP contribution in [0.3, 0.4) is 0 Å². The molecule has 0 radical (unpaired) electrons. The van der Waals surface area contributed by atoms with Crippen LogP contribution in [0, 0.1) is 11.7 Å². The van der Waals surface area contributed by atoms with Crippen LogP contribution in [0.4, 0.5) is 4.39 Å². The summed E-state index contributed by atoms with van der Waals surface area (Å²) in [5, 5.41) is 3.35. The molecule has 20 heavy (non-hydrogen) atoms. The Hall–Kier alpha value is -0.640. The van der Waals surface area contributed by atoms with Crippen LogP contribution in [0.2, 0.25) is 0 Å². The first-order valence-corrected chi connectivity index (χ1v) is 7.10. The molecule has 1 atom stereocenters. The van der Waals surface area contributed by atoms with Crippen molar-refractivity contribution in [2.45, 2.75) is 38.2 Å². The zero-order valence-electron chi connectivity index (χ0n) is 13.0. The molecule has 0 saturated heterocycles. The molecule has 0 amide bonds. The van der Waals surface area contributed by atoms with Gasteiger partial charge in [0.2, 0.25) is 0 Å². The fourth-order valence-corrected chi connectivity index (χ4v) is 2.68. The summed E-state index contributed by atoms with van der Waals surface area (Å²) in [5.74, 6) is 0.416. The standard InChI is InChI=1S/C16H24FNO.ClH/c1-19-16-7-5-14(6-8-16)12-18-10-9-13-3-2-4-15(17)11-13;/h2-4,11,14,16,18H,5-10,12H2,1H3;1H/i9D;/t9-,14?,16?;/m0./s1. The first kappa shape index (κ1) is 15.7. The van der Waals surface area contributed by atoms with Crippen molar-refractivity contribution >= 4 is 12.4 Å². The maximum atomic E-state index is 13.1. The van der Waals surface area contributed by atoms with Gasteiger partial charge in [0.1, 0.15) is 5.82 Å². The van der Waals surface area contributed by atoms with Gasteiger partial charge in [-0.05, 0) is 68.8 Å². The third-order valence-electron chi connectivity index (χ3n) is 3.89. The summed E-state index contributed by atoms with van der Waals surface area (Å²) in [6.45, 7) is 1.52. The Kier molecular flexibility index (Phi) is 7.34. The molecule has 1 saturated carbocycles. The highest BCUT2D eigenvalue weighted by Crippen LogP contribution is 2.25. The van der Waals surface area contributed by atoms with Gasteiger partial charge in [0, 0.05) is 8.48 Å². The second-order valence-corrected chi connectivity index (χ2v) is 5.30. The number of benzene rings is 1. The molecule has 2 nitrogen and oxygen atoms in total. The lowest BCUT2D eigenvalue weighted by molar-refractivity contribution is 0.0568. The van der Waals surface area contributed by atoms with Crippen molar-refractivity contribution in [1.82, 2.24) is 5.32 Å². The number of methoxy groups -OCH3 is 1. The Bertz CT molecular complexity index is 413. The molecule has 0 unspecified atom stereocenters. The van der Waals surface area contributed by atoms with Gasteiger partial charge in [-0.2, -0.15) is 0 Å². The summed E-state index contributed by atoms with van der Waals surface area (Å²) in [5.41, 5.74) is 0.737. The van der Waals surface area contributed by atoms with E-state index in [0.29, 0.717) is 18.6 Å². The SMILES string of the molecule is Cl.[2H][C@@H](CNCC1CCC(OC)CC1)c1cccc(F)c1. The van der Waals surface area contributed by atoms with Crippen LogP contribution in [0.5, 0.6) is 0 Å². The molecule has 114 valence electrons. The van der Waals surface area contributed by atoms with Gasteiger partial charge < -0.3 is 10.1 Å². The number of hydrogen-bond acceptors (Lipinski definition) is 2. The van der Waals surface area contributed by atoms with Crippen LogP contribution >= 0.6 is 12.4 Å². The predicted molar refractivity (Wildman–Crippen MR) is 83.0 cm³/mol. The van der Waals surface area contributed by atoms with Crippen LogP contribution in [0.25, 0.3) is 0 Å². The van der Waals surface area contributed by atoms with Gasteiger partial charge in [-0.25, -0.2) is 4.39 Å². The minimum atomic E-state index is -0.402. The van der Waals surface area contributed by atoms with Crippen molar-refractivity contribution in [2.75, 3.05) is 20.2 Å². The first-order valence-electron chi connectivity index (χ1n) is 7.68. The minimum Gasteiger partial charge on any atom is -0.381 e. The Labute approximate surface area is 128 Å². The Balaban J connectivity index is 0.00000220. The average Bonchev–Trinajstić information content (AvgIpc) is 2.48. The Morgan fingerprint density at radius 3 is 2.75 bits per heavy atom. The van der Waals surface area contributed by atoms with Crippen molar-refractivity contribution in [2.24, 2.45) is 5.92 Å². The van der Waals surface area contributed by atoms with Crippen molar-refractivity contribution in [3.05, 3.63) is 35.6 Å². The lowest BCUT2D eigenvalue weighted by Crippen LogP contribution is -2.29. The fraction of sp³-hybridized carbons (Fsp3) is 0.625. The summed E-state index contributed by atoms with van der Waals surface area (Å²) in [7, 11) is 1.78. The summed E-state index contributed by atoms with van der Waals surface area (Å²) in [6.07, 6.45) is 4.68. The molecule has 1 aliphatic rings. The molecule has 1 aromatic carbocycles. The van der Waals surface area contributed by atoms with Crippen LogP contribution in [0.15, 0.2) is 24.3 Å². The smallest absolute Gasteiger partial charge is 0.123 e. The topological polar surface area (TPSA) is 21.3 Å². The quantitative estimate of drug-likeness (QED) is 0.867. The van der Waals surface area contributed by atoms with Crippen molar-refractivity contribution in [1.29, 1.82) is 0 Å². The van der Waals surface area contributed by atoms with Crippen molar-refractivity contribution in [3.8, 4) is 0 Å². The summed E-state index contributed by atoms with van der Waals surface area (Å²) in [6, 6.07) is 6.34. The van der Waals surface area contributed by atoms with E-state index in [2.05, 4.69) is 5.32 Å². The van der Waals surface area contributed by atoms with Crippen LogP contribution in [-0.2, 0) is 11.1 Å². The second kappa shape index (κ2) is 9.32. The number of ether oxygens (including phenoxy) is 1. The van der Waals surface area contributed by atoms with E-state index in [1.807, 2.05) is 6.07 Å². The fourth-order valence-electron chi connectivity index (χ4n) is 2.68. The van der Waals surface area contributed by atoms with E-state index in [0.717, 1.165) is 24.9 Å². The van der Waals surface area contributed by atoms with E-state index in [4.69, 9.17) is 6.11 Å². The van der Waals surface area contributed by atoms with Gasteiger partial charge in [-0.15, -0.1) is 12.4 Å². The normalized spacial score (nSPS) is 24.6. The van der Waals surface area contributed by atoms with Gasteiger partial charge in [-0.3, -0.25) is 0 Å². The minimum absolute atomic E-state index is 0. The van der Waals surface area contributed by atoms with Crippen LogP contribution in [0.1, 0.15) is 32.6 Å². The molecule has 2 rings (SSSR count). The molecule has 0 aliphatic heterocycles. The molecule has 1 aromatic rings. The molecule has 1 N–H and O–H groups in total. The van der Waals surface area contributed by atoms with E-state index in [1.165, 1.54) is 25.0 Å². The Morgan fingerprint density at radius 1 is 1.35 bits per heavy atom. The van der Waals surface area contributed by atoms with Gasteiger partial charge >= 0.3 is 0 Å². The average molecular weight is 303 g/mol. The largest absolute Gasteiger partial charge is 0.381 e. The lowest BCUT2D eigenvalue weighted by Gasteiger charge is -2.27. The van der Waals surface area contributed by atoms with Crippen molar-refractivity contribution in [3.63, 3.8) is 0 Å². The molecule has 4 heteroatoms. The molecule has 0 bridgehead atoms. The van der Waals surface area contributed by atoms with Gasteiger partial charge in [0.05, 0.1) is 6.10 Å². The summed E-state index contributed by atoms with van der Waals surface area (Å²) >= 11 is 0.